The highest BCUT2D eigenvalue weighted by Crippen LogP contribution is 2.27. The molecule has 0 bridgehead atoms. The Morgan fingerprint density at radius 1 is 1.43 bits per heavy atom. The SMILES string of the molecule is CC(C)c1ncccc1C#CC1CC1. The second kappa shape index (κ2) is 3.84. The molecule has 1 aromatic rings. The molecule has 0 amide bonds. The Kier molecular flexibility index (Phi) is 2.54. The molecule has 0 unspecified atom stereocenters. The van der Waals surface area contributed by atoms with E-state index in [0.717, 1.165) is 11.3 Å². The van der Waals surface area contributed by atoms with Crippen LogP contribution in [0.25, 0.3) is 0 Å². The van der Waals surface area contributed by atoms with Crippen LogP contribution in [0.5, 0.6) is 0 Å². The van der Waals surface area contributed by atoms with Crippen molar-refractivity contribution in [1.82, 2.24) is 4.98 Å². The quantitative estimate of drug-likeness (QED) is 0.613. The zero-order chi connectivity index (χ0) is 9.97. The first-order valence-electron chi connectivity index (χ1n) is 5.24. The van der Waals surface area contributed by atoms with Gasteiger partial charge in [0.2, 0.25) is 0 Å². The summed E-state index contributed by atoms with van der Waals surface area (Å²) < 4.78 is 0. The lowest BCUT2D eigenvalue weighted by Crippen LogP contribution is -1.95. The van der Waals surface area contributed by atoms with E-state index in [9.17, 15) is 0 Å². The van der Waals surface area contributed by atoms with Crippen molar-refractivity contribution < 1.29 is 0 Å². The molecule has 0 aliphatic heterocycles. The number of pyridine rings is 1. The number of hydrogen-bond acceptors (Lipinski definition) is 1. The van der Waals surface area contributed by atoms with Gasteiger partial charge >= 0.3 is 0 Å². The number of aromatic nitrogens is 1. The second-order valence-corrected chi connectivity index (χ2v) is 4.13. The molecule has 1 aromatic heterocycles. The molecular weight excluding hydrogens is 170 g/mol. The van der Waals surface area contributed by atoms with Gasteiger partial charge in [-0.3, -0.25) is 4.98 Å². The van der Waals surface area contributed by atoms with Crippen LogP contribution in [-0.4, -0.2) is 4.98 Å². The molecule has 0 atom stereocenters. The third kappa shape index (κ3) is 2.14. The number of hydrogen-bond donors (Lipinski definition) is 0. The van der Waals surface area contributed by atoms with E-state index in [4.69, 9.17) is 0 Å². The first-order valence-corrected chi connectivity index (χ1v) is 5.24. The van der Waals surface area contributed by atoms with Crippen molar-refractivity contribution in [3.8, 4) is 11.8 Å². The summed E-state index contributed by atoms with van der Waals surface area (Å²) in [4.78, 5) is 4.37. The molecule has 1 aliphatic carbocycles. The molecule has 1 saturated carbocycles. The third-order valence-corrected chi connectivity index (χ3v) is 2.37. The lowest BCUT2D eigenvalue weighted by molar-refractivity contribution is 0.819. The molecule has 14 heavy (non-hydrogen) atoms. The maximum absolute atomic E-state index is 4.37. The predicted octanol–water partition coefficient (Wildman–Crippen LogP) is 2.97. The van der Waals surface area contributed by atoms with Crippen molar-refractivity contribution in [3.63, 3.8) is 0 Å². The molecule has 0 N–H and O–H groups in total. The Bertz CT molecular complexity index is 378. The van der Waals surface area contributed by atoms with Crippen molar-refractivity contribution in [2.24, 2.45) is 5.92 Å². The van der Waals surface area contributed by atoms with Crippen molar-refractivity contribution in [3.05, 3.63) is 29.6 Å². The Balaban J connectivity index is 2.27. The van der Waals surface area contributed by atoms with Crippen LogP contribution in [0, 0.1) is 17.8 Å². The zero-order valence-corrected chi connectivity index (χ0v) is 8.75. The normalized spacial score (nSPS) is 15.1. The maximum Gasteiger partial charge on any atom is 0.0585 e. The average Bonchev–Trinajstić information content (AvgIpc) is 2.98. The molecule has 1 heteroatoms. The van der Waals surface area contributed by atoms with E-state index in [1.807, 2.05) is 12.3 Å². The van der Waals surface area contributed by atoms with Crippen LogP contribution in [0.15, 0.2) is 18.3 Å². The van der Waals surface area contributed by atoms with Crippen molar-refractivity contribution in [2.45, 2.75) is 32.6 Å². The van der Waals surface area contributed by atoms with Crippen molar-refractivity contribution >= 4 is 0 Å². The summed E-state index contributed by atoms with van der Waals surface area (Å²) in [5, 5.41) is 0. The molecule has 1 aliphatic rings. The minimum absolute atomic E-state index is 0.458. The van der Waals surface area contributed by atoms with Gasteiger partial charge in [-0.15, -0.1) is 0 Å². The minimum Gasteiger partial charge on any atom is -0.260 e. The van der Waals surface area contributed by atoms with Gasteiger partial charge in [0.05, 0.1) is 5.69 Å². The van der Waals surface area contributed by atoms with E-state index in [2.05, 4.69) is 36.7 Å². The van der Waals surface area contributed by atoms with Crippen molar-refractivity contribution in [1.29, 1.82) is 0 Å². The van der Waals surface area contributed by atoms with Gasteiger partial charge in [0.25, 0.3) is 0 Å². The van der Waals surface area contributed by atoms with E-state index < -0.39 is 0 Å². The molecule has 72 valence electrons. The number of nitrogens with zero attached hydrogens (tertiary/aromatic N) is 1. The van der Waals surface area contributed by atoms with Crippen LogP contribution in [0.3, 0.4) is 0 Å². The first-order chi connectivity index (χ1) is 6.77. The molecule has 2 rings (SSSR count). The smallest absolute Gasteiger partial charge is 0.0585 e. The average molecular weight is 185 g/mol. The maximum atomic E-state index is 4.37. The lowest BCUT2D eigenvalue weighted by atomic mass is 10.0. The van der Waals surface area contributed by atoms with Crippen molar-refractivity contribution in [2.75, 3.05) is 0 Å². The molecule has 1 heterocycles. The van der Waals surface area contributed by atoms with Gasteiger partial charge in [0.1, 0.15) is 0 Å². The van der Waals surface area contributed by atoms with Crippen LogP contribution in [0.4, 0.5) is 0 Å². The summed E-state index contributed by atoms with van der Waals surface area (Å²) in [6, 6.07) is 4.03. The fraction of sp³-hybridized carbons (Fsp3) is 0.462. The monoisotopic (exact) mass is 185 g/mol. The fourth-order valence-corrected chi connectivity index (χ4v) is 1.39. The van der Waals surface area contributed by atoms with E-state index in [0.29, 0.717) is 11.8 Å². The van der Waals surface area contributed by atoms with Gasteiger partial charge in [0.15, 0.2) is 0 Å². The van der Waals surface area contributed by atoms with Gasteiger partial charge in [-0.25, -0.2) is 0 Å². The molecule has 0 saturated heterocycles. The highest BCUT2D eigenvalue weighted by atomic mass is 14.7. The third-order valence-electron chi connectivity index (χ3n) is 2.37. The van der Waals surface area contributed by atoms with Gasteiger partial charge in [-0.05, 0) is 30.9 Å². The molecule has 0 aromatic carbocycles. The molecule has 1 nitrogen and oxygen atoms in total. The van der Waals surface area contributed by atoms with Crippen LogP contribution < -0.4 is 0 Å². The standard InChI is InChI=1S/C13H15N/c1-10(2)13-12(4-3-9-14-13)8-7-11-5-6-11/h3-4,9-11H,5-6H2,1-2H3. The molecule has 0 radical (unpaired) electrons. The van der Waals surface area contributed by atoms with Gasteiger partial charge < -0.3 is 0 Å². The van der Waals surface area contributed by atoms with Gasteiger partial charge in [-0.2, -0.15) is 0 Å². The topological polar surface area (TPSA) is 12.9 Å². The van der Waals surface area contributed by atoms with Gasteiger partial charge in [-0.1, -0.05) is 25.7 Å². The van der Waals surface area contributed by atoms with E-state index >= 15 is 0 Å². The predicted molar refractivity (Wildman–Crippen MR) is 57.9 cm³/mol. The lowest BCUT2D eigenvalue weighted by Gasteiger charge is -2.05. The summed E-state index contributed by atoms with van der Waals surface area (Å²) >= 11 is 0. The summed E-state index contributed by atoms with van der Waals surface area (Å²) in [6.45, 7) is 4.31. The number of rotatable bonds is 1. The molecular formula is C13H15N. The molecule has 0 spiro atoms. The van der Waals surface area contributed by atoms with E-state index in [1.165, 1.54) is 12.8 Å². The second-order valence-electron chi connectivity index (χ2n) is 4.13. The summed E-state index contributed by atoms with van der Waals surface area (Å²) in [5.41, 5.74) is 2.23. The Morgan fingerprint density at radius 2 is 2.21 bits per heavy atom. The Hall–Kier alpha value is -1.29. The largest absolute Gasteiger partial charge is 0.260 e. The zero-order valence-electron chi connectivity index (χ0n) is 8.75. The van der Waals surface area contributed by atoms with Gasteiger partial charge in [0, 0.05) is 17.7 Å². The highest BCUT2D eigenvalue weighted by Gasteiger charge is 2.18. The van der Waals surface area contributed by atoms with Crippen LogP contribution in [0.1, 0.15) is 43.9 Å². The molecule has 1 fully saturated rings. The summed E-state index contributed by atoms with van der Waals surface area (Å²) in [6.07, 6.45) is 4.41. The van der Waals surface area contributed by atoms with Crippen LogP contribution in [-0.2, 0) is 0 Å². The first kappa shape index (κ1) is 9.27. The highest BCUT2D eigenvalue weighted by molar-refractivity contribution is 5.39. The van der Waals surface area contributed by atoms with E-state index in [-0.39, 0.29) is 0 Å². The minimum atomic E-state index is 0.458. The summed E-state index contributed by atoms with van der Waals surface area (Å²) in [5.74, 6) is 7.64. The Morgan fingerprint density at radius 3 is 2.86 bits per heavy atom. The van der Waals surface area contributed by atoms with E-state index in [1.54, 1.807) is 0 Å². The van der Waals surface area contributed by atoms with Crippen LogP contribution in [0.2, 0.25) is 0 Å². The fourth-order valence-electron chi connectivity index (χ4n) is 1.39. The Labute approximate surface area is 85.6 Å². The summed E-state index contributed by atoms with van der Waals surface area (Å²) in [7, 11) is 0. The van der Waals surface area contributed by atoms with Crippen LogP contribution >= 0.6 is 0 Å².